The van der Waals surface area contributed by atoms with Gasteiger partial charge in [-0.3, -0.25) is 4.79 Å². The molecule has 0 heterocycles. The Morgan fingerprint density at radius 2 is 1.61 bits per heavy atom. The number of nitrogens with one attached hydrogen (secondary N) is 1. The molecule has 41 heavy (non-hydrogen) atoms. The first-order valence-electron chi connectivity index (χ1n) is 15.2. The van der Waals surface area contributed by atoms with Crippen molar-refractivity contribution in [3.63, 3.8) is 0 Å². The van der Waals surface area contributed by atoms with Crippen molar-refractivity contribution in [2.75, 3.05) is 6.61 Å². The topological polar surface area (TPSA) is 64.6 Å². The first-order chi connectivity index (χ1) is 19.3. The van der Waals surface area contributed by atoms with Crippen LogP contribution in [0.3, 0.4) is 0 Å². The van der Waals surface area contributed by atoms with Crippen LogP contribution in [0.15, 0.2) is 72.8 Å². The van der Waals surface area contributed by atoms with Crippen molar-refractivity contribution < 1.29 is 18.8 Å². The molecule has 1 aliphatic carbocycles. The number of carbonyl (C=O) groups excluding carboxylic acids is 2. The molecule has 3 atom stereocenters. The minimum Gasteiger partial charge on any atom is -0.444 e. The molecule has 0 radical (unpaired) electrons. The molecule has 6 heteroatoms. The summed E-state index contributed by atoms with van der Waals surface area (Å²) in [5.74, 6) is 0.475. The maximum absolute atomic E-state index is 13.1. The molecule has 0 aromatic heterocycles. The van der Waals surface area contributed by atoms with Gasteiger partial charge in [-0.05, 0) is 86.2 Å². The van der Waals surface area contributed by atoms with Gasteiger partial charge in [-0.25, -0.2) is 4.79 Å². The number of hydrogen-bond acceptors (Lipinski definition) is 4. The van der Waals surface area contributed by atoms with Gasteiger partial charge in [-0.15, -0.1) is 0 Å². The monoisotopic (exact) mass is 577 g/mol. The Morgan fingerprint density at radius 1 is 1.02 bits per heavy atom. The van der Waals surface area contributed by atoms with Gasteiger partial charge in [0, 0.05) is 12.1 Å². The second kappa shape index (κ2) is 14.0. The minimum atomic E-state index is -2.67. The van der Waals surface area contributed by atoms with Crippen molar-refractivity contribution in [2.24, 2.45) is 11.8 Å². The minimum absolute atomic E-state index is 0.0954. The molecule has 0 aliphatic heterocycles. The van der Waals surface area contributed by atoms with Crippen molar-refractivity contribution in [3.05, 3.63) is 72.8 Å². The molecule has 1 aliphatic rings. The van der Waals surface area contributed by atoms with Gasteiger partial charge in [0.15, 0.2) is 0 Å². The van der Waals surface area contributed by atoms with E-state index in [1.807, 2.05) is 26.8 Å². The molecule has 1 amide bonds. The van der Waals surface area contributed by atoms with Crippen LogP contribution in [0.25, 0.3) is 0 Å². The zero-order valence-corrected chi connectivity index (χ0v) is 27.2. The highest BCUT2D eigenvalue weighted by atomic mass is 28.4. The number of alkyl carbamates (subject to hydrolysis) is 1. The quantitative estimate of drug-likeness (QED) is 0.126. The number of unbranched alkanes of at least 4 members (excludes halogenated alkanes) is 1. The predicted octanol–water partition coefficient (Wildman–Crippen LogP) is 7.19. The van der Waals surface area contributed by atoms with E-state index in [1.165, 1.54) is 10.4 Å². The maximum Gasteiger partial charge on any atom is 0.408 e. The molecule has 1 fully saturated rings. The van der Waals surface area contributed by atoms with Crippen molar-refractivity contribution in [1.29, 1.82) is 0 Å². The molecule has 0 unspecified atom stereocenters. The molecule has 3 rings (SSSR count). The summed E-state index contributed by atoms with van der Waals surface area (Å²) in [7, 11) is -2.67. The molecular weight excluding hydrogens is 526 g/mol. The largest absolute Gasteiger partial charge is 0.444 e. The Hall–Kier alpha value is -2.70. The first-order valence-corrected chi connectivity index (χ1v) is 17.1. The Labute approximate surface area is 249 Å². The highest BCUT2D eigenvalue weighted by molar-refractivity contribution is 6.99. The van der Waals surface area contributed by atoms with Gasteiger partial charge in [0.1, 0.15) is 11.9 Å². The van der Waals surface area contributed by atoms with E-state index in [-0.39, 0.29) is 28.5 Å². The van der Waals surface area contributed by atoms with Crippen molar-refractivity contribution in [3.8, 4) is 0 Å². The van der Waals surface area contributed by atoms with E-state index in [0.717, 1.165) is 44.8 Å². The Kier molecular flexibility index (Phi) is 11.2. The second-order valence-corrected chi connectivity index (χ2v) is 18.0. The SMILES string of the molecule is C[C@@H](CO[Si](c1ccccc1)(c1ccccc1)C(C)(C)C)[C@H]1CCC[C@]1(CCC/C=C/C=O)NC(=O)OC(C)(C)C. The smallest absolute Gasteiger partial charge is 0.408 e. The summed E-state index contributed by atoms with van der Waals surface area (Å²) in [4.78, 5) is 23.9. The summed E-state index contributed by atoms with van der Waals surface area (Å²) < 4.78 is 13.1. The van der Waals surface area contributed by atoms with E-state index in [9.17, 15) is 9.59 Å². The van der Waals surface area contributed by atoms with Crippen LogP contribution in [0, 0.1) is 11.8 Å². The molecule has 0 spiro atoms. The highest BCUT2D eigenvalue weighted by Crippen LogP contribution is 2.45. The summed E-state index contributed by atoms with van der Waals surface area (Å²) in [5, 5.41) is 5.82. The third-order valence-electron chi connectivity index (χ3n) is 8.47. The molecule has 2 aromatic rings. The fraction of sp³-hybridized carbons (Fsp3) is 0.543. The first kappa shape index (κ1) is 32.8. The number of rotatable bonds is 12. The molecular formula is C35H51NO4Si. The Morgan fingerprint density at radius 3 is 2.12 bits per heavy atom. The lowest BCUT2D eigenvalue weighted by molar-refractivity contribution is -0.104. The molecule has 0 bridgehead atoms. The number of amides is 1. The maximum atomic E-state index is 13.1. The van der Waals surface area contributed by atoms with Crippen LogP contribution >= 0.6 is 0 Å². The van der Waals surface area contributed by atoms with Gasteiger partial charge in [0.2, 0.25) is 0 Å². The average Bonchev–Trinajstić information content (AvgIpc) is 3.31. The van der Waals surface area contributed by atoms with E-state index < -0.39 is 13.9 Å². The number of hydrogen-bond donors (Lipinski definition) is 1. The molecule has 224 valence electrons. The van der Waals surface area contributed by atoms with Crippen LogP contribution in [0.5, 0.6) is 0 Å². The second-order valence-electron chi connectivity index (χ2n) is 13.7. The molecule has 1 saturated carbocycles. The summed E-state index contributed by atoms with van der Waals surface area (Å²) >= 11 is 0. The summed E-state index contributed by atoms with van der Waals surface area (Å²) in [5.41, 5.74) is -0.935. The zero-order chi connectivity index (χ0) is 30.2. The van der Waals surface area contributed by atoms with Crippen molar-refractivity contribution in [1.82, 2.24) is 5.32 Å². The summed E-state index contributed by atoms with van der Waals surface area (Å²) in [6.07, 6.45) is 9.45. The van der Waals surface area contributed by atoms with Gasteiger partial charge >= 0.3 is 6.09 Å². The lowest BCUT2D eigenvalue weighted by Gasteiger charge is -2.45. The van der Waals surface area contributed by atoms with Crippen LogP contribution in [-0.2, 0) is 14.0 Å². The standard InChI is InChI=1S/C35H51NO4Si/c1-28(27-39-41(34(5,6)7,29-19-12-10-13-20-29)30-21-14-11-15-22-30)31-23-18-25-35(31,24-16-8-9-17-26-37)36-32(38)40-33(2,3)4/h9-15,17,19-22,26,28,31H,8,16,18,23-25,27H2,1-7H3,(H,36,38)/b17-9+/t28-,31+,35-/m0/s1. The van der Waals surface area contributed by atoms with Gasteiger partial charge in [0.25, 0.3) is 8.32 Å². The van der Waals surface area contributed by atoms with Crippen LogP contribution in [-0.4, -0.2) is 38.4 Å². The number of benzene rings is 2. The van der Waals surface area contributed by atoms with Gasteiger partial charge in [-0.2, -0.15) is 0 Å². The summed E-state index contributed by atoms with van der Waals surface area (Å²) in [6.45, 7) is 15.5. The fourth-order valence-corrected chi connectivity index (χ4v) is 11.5. The molecule has 0 saturated heterocycles. The lowest BCUT2D eigenvalue weighted by atomic mass is 9.76. The molecule has 5 nitrogen and oxygen atoms in total. The Balaban J connectivity index is 1.93. The van der Waals surface area contributed by atoms with E-state index in [1.54, 1.807) is 6.08 Å². The average molecular weight is 578 g/mol. The number of aldehydes is 1. The van der Waals surface area contributed by atoms with E-state index in [4.69, 9.17) is 9.16 Å². The van der Waals surface area contributed by atoms with Crippen LogP contribution in [0.1, 0.15) is 87.0 Å². The normalized spacial score (nSPS) is 20.6. The predicted molar refractivity (Wildman–Crippen MR) is 171 cm³/mol. The van der Waals surface area contributed by atoms with E-state index >= 15 is 0 Å². The van der Waals surface area contributed by atoms with Gasteiger partial charge in [0.05, 0.1) is 0 Å². The third kappa shape index (κ3) is 8.20. The number of allylic oxidation sites excluding steroid dienone is 2. The van der Waals surface area contributed by atoms with Gasteiger partial charge < -0.3 is 14.5 Å². The zero-order valence-electron chi connectivity index (χ0n) is 26.2. The lowest BCUT2D eigenvalue weighted by Crippen LogP contribution is -2.67. The number of carbonyl (C=O) groups is 2. The van der Waals surface area contributed by atoms with Crippen LogP contribution < -0.4 is 15.7 Å². The third-order valence-corrected chi connectivity index (χ3v) is 13.5. The van der Waals surface area contributed by atoms with Crippen molar-refractivity contribution in [2.45, 2.75) is 103 Å². The van der Waals surface area contributed by atoms with Gasteiger partial charge in [-0.1, -0.05) is 101 Å². The molecule has 2 aromatic carbocycles. The highest BCUT2D eigenvalue weighted by Gasteiger charge is 2.52. The molecule has 1 N–H and O–H groups in total. The van der Waals surface area contributed by atoms with Crippen LogP contribution in [0.2, 0.25) is 5.04 Å². The van der Waals surface area contributed by atoms with E-state index in [2.05, 4.69) is 93.7 Å². The number of ether oxygens (including phenoxy) is 1. The van der Waals surface area contributed by atoms with Crippen LogP contribution in [0.4, 0.5) is 4.79 Å². The van der Waals surface area contributed by atoms with Crippen molar-refractivity contribution >= 4 is 31.1 Å². The Bertz CT molecular complexity index is 1100. The van der Waals surface area contributed by atoms with E-state index in [0.29, 0.717) is 6.61 Å². The summed E-state index contributed by atoms with van der Waals surface area (Å²) in [6, 6.07) is 21.5. The fourth-order valence-electron chi connectivity index (χ4n) is 6.78.